The van der Waals surface area contributed by atoms with Crippen molar-refractivity contribution < 1.29 is 14.7 Å². The Kier molecular flexibility index (Phi) is 3.85. The van der Waals surface area contributed by atoms with E-state index in [1.807, 2.05) is 6.92 Å². The summed E-state index contributed by atoms with van der Waals surface area (Å²) < 4.78 is 0. The zero-order valence-electron chi connectivity index (χ0n) is 10.8. The number of rotatable bonds is 5. The quantitative estimate of drug-likeness (QED) is 0.753. The van der Waals surface area contributed by atoms with Gasteiger partial charge in [0.1, 0.15) is 0 Å². The van der Waals surface area contributed by atoms with Crippen LogP contribution in [0.3, 0.4) is 0 Å². The summed E-state index contributed by atoms with van der Waals surface area (Å²) in [5.41, 5.74) is 7.42. The van der Waals surface area contributed by atoms with Crippen molar-refractivity contribution >= 4 is 17.6 Å². The first-order chi connectivity index (χ1) is 8.97. The highest BCUT2D eigenvalue weighted by molar-refractivity contribution is 5.94. The summed E-state index contributed by atoms with van der Waals surface area (Å²) in [6.07, 6.45) is 2.48. The van der Waals surface area contributed by atoms with Crippen LogP contribution in [0.1, 0.15) is 35.2 Å². The van der Waals surface area contributed by atoms with Gasteiger partial charge in [0, 0.05) is 18.2 Å². The monoisotopic (exact) mass is 262 g/mol. The molecule has 0 saturated heterocycles. The van der Waals surface area contributed by atoms with E-state index in [0.29, 0.717) is 11.6 Å². The SMILES string of the molecule is Cc1ccc(C(=O)O)cc1NC(=O)CC(N)C1CC1. The Morgan fingerprint density at radius 2 is 2.16 bits per heavy atom. The van der Waals surface area contributed by atoms with Crippen LogP contribution in [0.15, 0.2) is 18.2 Å². The van der Waals surface area contributed by atoms with Crippen LogP contribution in [0.4, 0.5) is 5.69 Å². The molecule has 1 aromatic carbocycles. The molecule has 0 radical (unpaired) electrons. The van der Waals surface area contributed by atoms with Gasteiger partial charge in [0.25, 0.3) is 0 Å². The normalized spacial score (nSPS) is 15.9. The Hall–Kier alpha value is -1.88. The van der Waals surface area contributed by atoms with Crippen molar-refractivity contribution in [3.63, 3.8) is 0 Å². The standard InChI is InChI=1S/C14H18N2O3/c1-8-2-3-10(14(18)19)6-12(8)16-13(17)7-11(15)9-4-5-9/h2-3,6,9,11H,4-5,7,15H2,1H3,(H,16,17)(H,18,19). The van der Waals surface area contributed by atoms with Crippen molar-refractivity contribution in [2.24, 2.45) is 11.7 Å². The molecule has 19 heavy (non-hydrogen) atoms. The number of hydrogen-bond acceptors (Lipinski definition) is 3. The lowest BCUT2D eigenvalue weighted by molar-refractivity contribution is -0.116. The van der Waals surface area contributed by atoms with E-state index in [-0.39, 0.29) is 23.9 Å². The number of carbonyl (C=O) groups is 2. The van der Waals surface area contributed by atoms with Crippen LogP contribution in [0.25, 0.3) is 0 Å². The van der Waals surface area contributed by atoms with Crippen LogP contribution >= 0.6 is 0 Å². The molecule has 0 aromatic heterocycles. The van der Waals surface area contributed by atoms with Crippen molar-refractivity contribution in [1.82, 2.24) is 0 Å². The highest BCUT2D eigenvalue weighted by Crippen LogP contribution is 2.32. The minimum Gasteiger partial charge on any atom is -0.478 e. The molecule has 102 valence electrons. The maximum absolute atomic E-state index is 11.8. The number of nitrogens with two attached hydrogens (primary N) is 1. The Bertz CT molecular complexity index is 509. The van der Waals surface area contributed by atoms with Gasteiger partial charge in [-0.1, -0.05) is 6.07 Å². The second-order valence-electron chi connectivity index (χ2n) is 5.09. The van der Waals surface area contributed by atoms with Gasteiger partial charge in [0.15, 0.2) is 0 Å². The summed E-state index contributed by atoms with van der Waals surface area (Å²) in [4.78, 5) is 22.7. The number of nitrogens with one attached hydrogen (secondary N) is 1. The number of carboxylic acids is 1. The van der Waals surface area contributed by atoms with Crippen molar-refractivity contribution in [2.75, 3.05) is 5.32 Å². The Labute approximate surface area is 111 Å². The maximum Gasteiger partial charge on any atom is 0.335 e. The number of aromatic carboxylic acids is 1. The first-order valence-corrected chi connectivity index (χ1v) is 6.36. The third kappa shape index (κ3) is 3.54. The zero-order chi connectivity index (χ0) is 14.0. The molecule has 1 fully saturated rings. The highest BCUT2D eigenvalue weighted by Gasteiger charge is 2.29. The number of carboxylic acid groups (broad SMARTS) is 1. The van der Waals surface area contributed by atoms with Gasteiger partial charge in [0.05, 0.1) is 5.56 Å². The number of amides is 1. The molecule has 1 atom stereocenters. The molecule has 1 saturated carbocycles. The first kappa shape index (κ1) is 13.5. The molecular weight excluding hydrogens is 244 g/mol. The van der Waals surface area contributed by atoms with E-state index in [4.69, 9.17) is 10.8 Å². The van der Waals surface area contributed by atoms with Crippen LogP contribution in [0.5, 0.6) is 0 Å². The fourth-order valence-corrected chi connectivity index (χ4v) is 2.00. The van der Waals surface area contributed by atoms with Gasteiger partial charge >= 0.3 is 5.97 Å². The second kappa shape index (κ2) is 5.40. The van der Waals surface area contributed by atoms with Crippen molar-refractivity contribution in [3.8, 4) is 0 Å². The molecule has 1 aromatic rings. The van der Waals surface area contributed by atoms with Gasteiger partial charge < -0.3 is 16.2 Å². The number of anilines is 1. The number of hydrogen-bond donors (Lipinski definition) is 3. The van der Waals surface area contributed by atoms with Crippen molar-refractivity contribution in [3.05, 3.63) is 29.3 Å². The third-order valence-corrected chi connectivity index (χ3v) is 3.41. The lowest BCUT2D eigenvalue weighted by Crippen LogP contribution is -2.29. The summed E-state index contributed by atoms with van der Waals surface area (Å²) >= 11 is 0. The Morgan fingerprint density at radius 1 is 1.47 bits per heavy atom. The van der Waals surface area contributed by atoms with Crippen LogP contribution in [0.2, 0.25) is 0 Å². The molecule has 1 aliphatic rings. The molecule has 1 aliphatic carbocycles. The molecule has 1 amide bonds. The predicted molar refractivity (Wildman–Crippen MR) is 72.1 cm³/mol. The van der Waals surface area contributed by atoms with Crippen molar-refractivity contribution in [1.29, 1.82) is 0 Å². The number of aryl methyl sites for hydroxylation is 1. The number of carbonyl (C=O) groups excluding carboxylic acids is 1. The van der Waals surface area contributed by atoms with Crippen LogP contribution < -0.4 is 11.1 Å². The molecular formula is C14H18N2O3. The lowest BCUT2D eigenvalue weighted by atomic mass is 10.1. The zero-order valence-corrected chi connectivity index (χ0v) is 10.8. The molecule has 4 N–H and O–H groups in total. The van der Waals surface area contributed by atoms with E-state index in [0.717, 1.165) is 18.4 Å². The van der Waals surface area contributed by atoms with E-state index in [2.05, 4.69) is 5.32 Å². The molecule has 5 heteroatoms. The summed E-state index contributed by atoms with van der Waals surface area (Å²) in [6, 6.07) is 4.57. The molecule has 0 aliphatic heterocycles. The maximum atomic E-state index is 11.8. The first-order valence-electron chi connectivity index (χ1n) is 6.36. The number of benzene rings is 1. The lowest BCUT2D eigenvalue weighted by Gasteiger charge is -2.12. The molecule has 0 heterocycles. The van der Waals surface area contributed by atoms with Gasteiger partial charge in [-0.15, -0.1) is 0 Å². The average Bonchev–Trinajstić information content (AvgIpc) is 3.15. The van der Waals surface area contributed by atoms with Gasteiger partial charge in [-0.05, 0) is 43.4 Å². The predicted octanol–water partition coefficient (Wildman–Crippen LogP) is 1.76. The molecule has 0 bridgehead atoms. The van der Waals surface area contributed by atoms with Crippen LogP contribution in [-0.4, -0.2) is 23.0 Å². The van der Waals surface area contributed by atoms with E-state index in [1.54, 1.807) is 6.07 Å². The summed E-state index contributed by atoms with van der Waals surface area (Å²) in [5, 5.41) is 11.7. The van der Waals surface area contributed by atoms with Crippen molar-refractivity contribution in [2.45, 2.75) is 32.2 Å². The minimum absolute atomic E-state index is 0.0945. The van der Waals surface area contributed by atoms with E-state index in [1.165, 1.54) is 12.1 Å². The topological polar surface area (TPSA) is 92.4 Å². The molecule has 0 spiro atoms. The summed E-state index contributed by atoms with van der Waals surface area (Å²) in [5.74, 6) is -0.701. The summed E-state index contributed by atoms with van der Waals surface area (Å²) in [6.45, 7) is 1.82. The van der Waals surface area contributed by atoms with Gasteiger partial charge in [-0.3, -0.25) is 4.79 Å². The fraction of sp³-hybridized carbons (Fsp3) is 0.429. The fourth-order valence-electron chi connectivity index (χ4n) is 2.00. The van der Waals surface area contributed by atoms with Crippen LogP contribution in [-0.2, 0) is 4.79 Å². The van der Waals surface area contributed by atoms with E-state index in [9.17, 15) is 9.59 Å². The average molecular weight is 262 g/mol. The second-order valence-corrected chi connectivity index (χ2v) is 5.09. The smallest absolute Gasteiger partial charge is 0.335 e. The molecule has 1 unspecified atom stereocenters. The molecule has 2 rings (SSSR count). The van der Waals surface area contributed by atoms with Gasteiger partial charge in [0.2, 0.25) is 5.91 Å². The minimum atomic E-state index is -1.01. The Balaban J connectivity index is 2.02. The third-order valence-electron chi connectivity index (χ3n) is 3.41. The van der Waals surface area contributed by atoms with Crippen LogP contribution in [0, 0.1) is 12.8 Å². The summed E-state index contributed by atoms with van der Waals surface area (Å²) in [7, 11) is 0. The van der Waals surface area contributed by atoms with Gasteiger partial charge in [-0.25, -0.2) is 4.79 Å². The van der Waals surface area contributed by atoms with Gasteiger partial charge in [-0.2, -0.15) is 0 Å². The van der Waals surface area contributed by atoms with E-state index >= 15 is 0 Å². The van der Waals surface area contributed by atoms with E-state index < -0.39 is 5.97 Å². The highest BCUT2D eigenvalue weighted by atomic mass is 16.4. The Morgan fingerprint density at radius 3 is 2.74 bits per heavy atom. The largest absolute Gasteiger partial charge is 0.478 e. The molecule has 5 nitrogen and oxygen atoms in total.